The van der Waals surface area contributed by atoms with E-state index >= 15 is 0 Å². The number of aromatic amines is 1. The first-order valence-corrected chi connectivity index (χ1v) is 9.45. The molecule has 8 heteroatoms. The molecule has 0 saturated carbocycles. The number of nitrogens with one attached hydrogen (secondary N) is 1. The number of benzene rings is 1. The van der Waals surface area contributed by atoms with Gasteiger partial charge in [0, 0.05) is 55.1 Å². The third-order valence-electron chi connectivity index (χ3n) is 5.26. The molecule has 0 spiro atoms. The molecule has 3 N–H and O–H groups in total. The monoisotopic (exact) mass is 381 g/mol. The molecular formula is C19H20ClN7. The van der Waals surface area contributed by atoms with E-state index in [2.05, 4.69) is 15.0 Å². The number of nitrogens with zero attached hydrogens (tertiary/aromatic N) is 5. The highest BCUT2D eigenvalue weighted by Gasteiger charge is 2.20. The Morgan fingerprint density at radius 3 is 2.85 bits per heavy atom. The van der Waals surface area contributed by atoms with E-state index in [0.29, 0.717) is 11.1 Å². The van der Waals surface area contributed by atoms with Crippen LogP contribution in [0.25, 0.3) is 33.2 Å². The van der Waals surface area contributed by atoms with Crippen LogP contribution in [0.1, 0.15) is 12.8 Å². The van der Waals surface area contributed by atoms with Gasteiger partial charge in [-0.25, -0.2) is 9.97 Å². The van der Waals surface area contributed by atoms with Gasteiger partial charge in [-0.3, -0.25) is 4.68 Å². The van der Waals surface area contributed by atoms with Crippen molar-refractivity contribution in [1.82, 2.24) is 24.7 Å². The van der Waals surface area contributed by atoms with E-state index in [0.717, 1.165) is 64.9 Å². The Kier molecular flexibility index (Phi) is 3.80. The Morgan fingerprint density at radius 2 is 2.04 bits per heavy atom. The number of halogens is 1. The third kappa shape index (κ3) is 2.74. The largest absolute Gasteiger partial charge is 0.355 e. The van der Waals surface area contributed by atoms with Gasteiger partial charge in [0.1, 0.15) is 11.3 Å². The number of aromatic nitrogens is 5. The molecule has 1 aliphatic heterocycles. The molecule has 1 fully saturated rings. The molecule has 138 valence electrons. The first-order valence-electron chi connectivity index (χ1n) is 9.07. The van der Waals surface area contributed by atoms with E-state index in [9.17, 15) is 0 Å². The number of hydrogen-bond donors (Lipinski definition) is 2. The van der Waals surface area contributed by atoms with E-state index in [-0.39, 0.29) is 0 Å². The standard InChI is InChI=1S/C19H20ClN7/c1-26-10-14-15(25-26)3-2-12(17(14)20)13-8-23-19-18(13)22-9-16(24-19)27-6-4-11(21)5-7-27/h2-3,8-11H,4-7,21H2,1H3,(H,23,24). The summed E-state index contributed by atoms with van der Waals surface area (Å²) in [6.45, 7) is 1.83. The Hall–Kier alpha value is -2.64. The van der Waals surface area contributed by atoms with E-state index in [1.165, 1.54) is 0 Å². The molecule has 0 aliphatic carbocycles. The van der Waals surface area contributed by atoms with Crippen molar-refractivity contribution in [2.75, 3.05) is 18.0 Å². The first-order chi connectivity index (χ1) is 13.1. The zero-order chi connectivity index (χ0) is 18.5. The second-order valence-corrected chi connectivity index (χ2v) is 7.49. The summed E-state index contributed by atoms with van der Waals surface area (Å²) in [6, 6.07) is 4.26. The Bertz CT molecular complexity index is 1140. The summed E-state index contributed by atoms with van der Waals surface area (Å²) in [6.07, 6.45) is 7.66. The third-order valence-corrected chi connectivity index (χ3v) is 5.67. The summed E-state index contributed by atoms with van der Waals surface area (Å²) in [5.74, 6) is 0.886. The molecule has 3 aromatic heterocycles. The van der Waals surface area contributed by atoms with Crippen LogP contribution < -0.4 is 10.6 Å². The van der Waals surface area contributed by atoms with E-state index < -0.39 is 0 Å². The van der Waals surface area contributed by atoms with Crippen LogP contribution in [0, 0.1) is 0 Å². The zero-order valence-corrected chi connectivity index (χ0v) is 15.7. The highest BCUT2D eigenvalue weighted by Crippen LogP contribution is 2.36. The number of aryl methyl sites for hydroxylation is 1. The molecule has 27 heavy (non-hydrogen) atoms. The predicted octanol–water partition coefficient (Wildman–Crippen LogP) is 3.09. The van der Waals surface area contributed by atoms with Crippen molar-refractivity contribution >= 4 is 39.5 Å². The fraction of sp³-hybridized carbons (Fsp3) is 0.316. The smallest absolute Gasteiger partial charge is 0.159 e. The second kappa shape index (κ2) is 6.21. The lowest BCUT2D eigenvalue weighted by Gasteiger charge is -2.30. The molecule has 0 atom stereocenters. The van der Waals surface area contributed by atoms with Gasteiger partial charge in [-0.2, -0.15) is 5.10 Å². The minimum Gasteiger partial charge on any atom is -0.355 e. The van der Waals surface area contributed by atoms with Gasteiger partial charge >= 0.3 is 0 Å². The maximum Gasteiger partial charge on any atom is 0.159 e. The summed E-state index contributed by atoms with van der Waals surface area (Å²) in [4.78, 5) is 15.0. The number of H-pyrrole nitrogens is 1. The van der Waals surface area contributed by atoms with E-state index in [1.54, 1.807) is 4.68 Å². The fourth-order valence-electron chi connectivity index (χ4n) is 3.76. The average Bonchev–Trinajstić information content (AvgIpc) is 3.25. The number of hydrogen-bond acceptors (Lipinski definition) is 5. The second-order valence-electron chi connectivity index (χ2n) is 7.11. The lowest BCUT2D eigenvalue weighted by molar-refractivity contribution is 0.498. The van der Waals surface area contributed by atoms with Gasteiger partial charge in [0.25, 0.3) is 0 Å². The Balaban J connectivity index is 1.56. The Labute approximate surface area is 161 Å². The molecule has 7 nitrogen and oxygen atoms in total. The molecule has 1 saturated heterocycles. The first kappa shape index (κ1) is 16.5. The highest BCUT2D eigenvalue weighted by atomic mass is 35.5. The van der Waals surface area contributed by atoms with Gasteiger partial charge in [-0.05, 0) is 18.9 Å². The van der Waals surface area contributed by atoms with Crippen LogP contribution >= 0.6 is 11.6 Å². The van der Waals surface area contributed by atoms with Crippen molar-refractivity contribution in [1.29, 1.82) is 0 Å². The van der Waals surface area contributed by atoms with Crippen molar-refractivity contribution in [2.45, 2.75) is 18.9 Å². The van der Waals surface area contributed by atoms with Crippen LogP contribution in [-0.4, -0.2) is 43.9 Å². The number of fused-ring (bicyclic) bond motifs is 2. The van der Waals surface area contributed by atoms with Gasteiger partial charge in [-0.15, -0.1) is 0 Å². The number of piperidine rings is 1. The fourth-order valence-corrected chi connectivity index (χ4v) is 4.07. The van der Waals surface area contributed by atoms with Crippen LogP contribution in [0.3, 0.4) is 0 Å². The summed E-state index contributed by atoms with van der Waals surface area (Å²) in [7, 11) is 1.89. The number of anilines is 1. The predicted molar refractivity (Wildman–Crippen MR) is 108 cm³/mol. The molecule has 0 radical (unpaired) electrons. The van der Waals surface area contributed by atoms with Crippen LogP contribution in [0.15, 0.2) is 30.7 Å². The Morgan fingerprint density at radius 1 is 1.22 bits per heavy atom. The topological polar surface area (TPSA) is 88.7 Å². The molecular weight excluding hydrogens is 362 g/mol. The van der Waals surface area contributed by atoms with Gasteiger partial charge in [0.05, 0.1) is 16.7 Å². The van der Waals surface area contributed by atoms with Crippen molar-refractivity contribution in [3.63, 3.8) is 0 Å². The SMILES string of the molecule is Cn1cc2c(Cl)c(-c3c[nH]c4nc(N5CCC(N)CC5)cnc34)ccc2n1. The van der Waals surface area contributed by atoms with Crippen molar-refractivity contribution < 1.29 is 0 Å². The molecule has 0 amide bonds. The van der Waals surface area contributed by atoms with Crippen molar-refractivity contribution in [3.8, 4) is 11.1 Å². The summed E-state index contributed by atoms with van der Waals surface area (Å²) in [5.41, 5.74) is 10.3. The normalized spacial score (nSPS) is 15.9. The molecule has 1 aromatic carbocycles. The summed E-state index contributed by atoms with van der Waals surface area (Å²) in [5, 5.41) is 6.02. The zero-order valence-electron chi connectivity index (χ0n) is 15.0. The van der Waals surface area contributed by atoms with Crippen molar-refractivity contribution in [2.24, 2.45) is 12.8 Å². The summed E-state index contributed by atoms with van der Waals surface area (Å²) >= 11 is 6.68. The molecule has 0 bridgehead atoms. The lowest BCUT2D eigenvalue weighted by atomic mass is 10.1. The van der Waals surface area contributed by atoms with Crippen LogP contribution in [-0.2, 0) is 7.05 Å². The molecule has 4 aromatic rings. The quantitative estimate of drug-likeness (QED) is 0.557. The molecule has 4 heterocycles. The van der Waals surface area contributed by atoms with Crippen molar-refractivity contribution in [3.05, 3.63) is 35.7 Å². The van der Waals surface area contributed by atoms with Gasteiger partial charge in [0.2, 0.25) is 0 Å². The van der Waals surface area contributed by atoms with E-state index in [4.69, 9.17) is 27.3 Å². The maximum atomic E-state index is 6.68. The van der Waals surface area contributed by atoms with E-state index in [1.807, 2.05) is 37.8 Å². The lowest BCUT2D eigenvalue weighted by Crippen LogP contribution is -2.40. The molecule has 5 rings (SSSR count). The van der Waals surface area contributed by atoms with Crippen LogP contribution in [0.4, 0.5) is 5.82 Å². The summed E-state index contributed by atoms with van der Waals surface area (Å²) < 4.78 is 1.77. The number of nitrogens with two attached hydrogens (primary N) is 1. The van der Waals surface area contributed by atoms with Gasteiger partial charge < -0.3 is 15.6 Å². The maximum absolute atomic E-state index is 6.68. The molecule has 1 aliphatic rings. The molecule has 0 unspecified atom stereocenters. The average molecular weight is 382 g/mol. The minimum atomic E-state index is 0.291. The van der Waals surface area contributed by atoms with Crippen LogP contribution in [0.2, 0.25) is 5.02 Å². The van der Waals surface area contributed by atoms with Gasteiger partial charge in [0.15, 0.2) is 5.65 Å². The van der Waals surface area contributed by atoms with Crippen LogP contribution in [0.5, 0.6) is 0 Å². The van der Waals surface area contributed by atoms with Gasteiger partial charge in [-0.1, -0.05) is 17.7 Å². The minimum absolute atomic E-state index is 0.291. The highest BCUT2D eigenvalue weighted by molar-refractivity contribution is 6.38. The number of rotatable bonds is 2.